The van der Waals surface area contributed by atoms with Crippen molar-refractivity contribution < 1.29 is 13.5 Å². The minimum atomic E-state index is -2.80. The van der Waals surface area contributed by atoms with E-state index in [-0.39, 0.29) is 5.75 Å². The third kappa shape index (κ3) is 3.02. The molecule has 1 aromatic rings. The number of ether oxygens (including phenoxy) is 1. The smallest absolute Gasteiger partial charge is 0.387 e. The fraction of sp³-hybridized carbons (Fsp3) is 0.143. The highest BCUT2D eigenvalue weighted by molar-refractivity contribution is 14.1. The molecule has 1 rings (SSSR count). The molecule has 0 radical (unpaired) electrons. The van der Waals surface area contributed by atoms with Gasteiger partial charge in [0.2, 0.25) is 0 Å². The van der Waals surface area contributed by atoms with Crippen LogP contribution in [0.3, 0.4) is 0 Å². The van der Waals surface area contributed by atoms with Gasteiger partial charge in [-0.25, -0.2) is 0 Å². The molecule has 13 heavy (non-hydrogen) atoms. The van der Waals surface area contributed by atoms with E-state index in [1.165, 1.54) is 6.07 Å². The van der Waals surface area contributed by atoms with Gasteiger partial charge < -0.3 is 4.74 Å². The molecule has 1 nitrogen and oxygen atoms in total. The van der Waals surface area contributed by atoms with E-state index in [0.29, 0.717) is 8.95 Å². The first-order valence-corrected chi connectivity index (χ1v) is 5.77. The number of benzene rings is 1. The Kier molecular flexibility index (Phi) is 4.37. The average molecular weight is 428 g/mol. The van der Waals surface area contributed by atoms with Crippen molar-refractivity contribution in [3.63, 3.8) is 0 Å². The minimum absolute atomic E-state index is 0.127. The molecule has 0 aromatic heterocycles. The van der Waals surface area contributed by atoms with Gasteiger partial charge in [-0.2, -0.15) is 8.78 Å². The van der Waals surface area contributed by atoms with Gasteiger partial charge >= 0.3 is 6.61 Å². The van der Waals surface area contributed by atoms with Crippen LogP contribution in [0.25, 0.3) is 0 Å². The summed E-state index contributed by atoms with van der Waals surface area (Å²) in [7, 11) is 0. The fourth-order valence-electron chi connectivity index (χ4n) is 0.695. The molecule has 0 aliphatic heterocycles. The number of halogens is 5. The molecule has 0 saturated heterocycles. The highest BCUT2D eigenvalue weighted by atomic mass is 127. The average Bonchev–Trinajstić information content (AvgIpc) is 2.06. The maximum atomic E-state index is 11.9. The molecule has 6 heteroatoms. The molecule has 0 heterocycles. The Hall–Kier alpha value is 0.570. The van der Waals surface area contributed by atoms with Gasteiger partial charge in [-0.3, -0.25) is 0 Å². The monoisotopic (exact) mass is 426 g/mol. The minimum Gasteiger partial charge on any atom is -0.434 e. The van der Waals surface area contributed by atoms with Crippen LogP contribution in [0.4, 0.5) is 8.78 Å². The van der Waals surface area contributed by atoms with Crippen molar-refractivity contribution in [1.29, 1.82) is 0 Å². The first-order chi connectivity index (χ1) is 6.02. The van der Waals surface area contributed by atoms with Gasteiger partial charge in [0.25, 0.3) is 0 Å². The van der Waals surface area contributed by atoms with E-state index in [4.69, 9.17) is 0 Å². The van der Waals surface area contributed by atoms with E-state index >= 15 is 0 Å². The van der Waals surface area contributed by atoms with Gasteiger partial charge in [-0.05, 0) is 66.6 Å². The Morgan fingerprint density at radius 2 is 1.85 bits per heavy atom. The van der Waals surface area contributed by atoms with Crippen molar-refractivity contribution >= 4 is 54.5 Å². The van der Waals surface area contributed by atoms with Crippen molar-refractivity contribution in [2.24, 2.45) is 0 Å². The standard InChI is InChI=1S/C7H3Br2F2IO/c8-5-3(12)1-2-4(6(5)9)13-7(10)11/h1-2,7H. The van der Waals surface area contributed by atoms with Crippen LogP contribution >= 0.6 is 54.5 Å². The number of hydrogen-bond acceptors (Lipinski definition) is 1. The summed E-state index contributed by atoms with van der Waals surface area (Å²) in [4.78, 5) is 0. The fourth-order valence-corrected chi connectivity index (χ4v) is 2.28. The van der Waals surface area contributed by atoms with Crippen molar-refractivity contribution in [2.45, 2.75) is 6.61 Å². The Balaban J connectivity index is 3.04. The van der Waals surface area contributed by atoms with Crippen LogP contribution < -0.4 is 4.74 Å². The highest BCUT2D eigenvalue weighted by Gasteiger charge is 2.12. The normalized spacial score (nSPS) is 10.6. The summed E-state index contributed by atoms with van der Waals surface area (Å²) in [6.07, 6.45) is 0. The molecule has 0 spiro atoms. The predicted octanol–water partition coefficient (Wildman–Crippen LogP) is 4.42. The molecule has 0 saturated carbocycles. The Morgan fingerprint density at radius 1 is 1.23 bits per heavy atom. The Bertz CT molecular complexity index is 320. The molecule has 1 aromatic carbocycles. The SMILES string of the molecule is FC(F)Oc1ccc(I)c(Br)c1Br. The molecule has 72 valence electrons. The van der Waals surface area contributed by atoms with Crippen LogP contribution in [-0.4, -0.2) is 6.61 Å². The first kappa shape index (κ1) is 11.6. The summed E-state index contributed by atoms with van der Waals surface area (Å²) in [5, 5.41) is 0. The second-order valence-electron chi connectivity index (χ2n) is 2.05. The van der Waals surface area contributed by atoms with Crippen molar-refractivity contribution in [3.8, 4) is 5.75 Å². The van der Waals surface area contributed by atoms with E-state index in [2.05, 4.69) is 59.2 Å². The quantitative estimate of drug-likeness (QED) is 0.501. The van der Waals surface area contributed by atoms with E-state index in [1.54, 1.807) is 6.07 Å². The predicted molar refractivity (Wildman–Crippen MR) is 61.2 cm³/mol. The zero-order valence-electron chi connectivity index (χ0n) is 6.03. The second-order valence-corrected chi connectivity index (χ2v) is 4.80. The summed E-state index contributed by atoms with van der Waals surface area (Å²) < 4.78 is 30.1. The number of alkyl halides is 2. The van der Waals surface area contributed by atoms with E-state index in [9.17, 15) is 8.78 Å². The van der Waals surface area contributed by atoms with Crippen molar-refractivity contribution in [1.82, 2.24) is 0 Å². The van der Waals surface area contributed by atoms with Crippen LogP contribution in [0.5, 0.6) is 5.75 Å². The molecule has 0 atom stereocenters. The molecule has 0 amide bonds. The van der Waals surface area contributed by atoms with Gasteiger partial charge in [0.1, 0.15) is 5.75 Å². The van der Waals surface area contributed by atoms with Crippen LogP contribution in [0.15, 0.2) is 21.1 Å². The lowest BCUT2D eigenvalue weighted by Gasteiger charge is -2.08. The summed E-state index contributed by atoms with van der Waals surface area (Å²) in [6.45, 7) is -2.80. The second kappa shape index (κ2) is 4.88. The summed E-state index contributed by atoms with van der Waals surface area (Å²) in [5.41, 5.74) is 0. The molecule has 0 fully saturated rings. The van der Waals surface area contributed by atoms with Crippen molar-refractivity contribution in [2.75, 3.05) is 0 Å². The Morgan fingerprint density at radius 3 is 2.38 bits per heavy atom. The van der Waals surface area contributed by atoms with Crippen molar-refractivity contribution in [3.05, 3.63) is 24.6 Å². The van der Waals surface area contributed by atoms with Crippen LogP contribution in [0, 0.1) is 3.57 Å². The summed E-state index contributed by atoms with van der Waals surface area (Å²) in [6, 6.07) is 3.18. The van der Waals surface area contributed by atoms with Crippen LogP contribution in [0.1, 0.15) is 0 Å². The van der Waals surface area contributed by atoms with E-state index < -0.39 is 6.61 Å². The van der Waals surface area contributed by atoms with E-state index in [0.717, 1.165) is 3.57 Å². The lowest BCUT2D eigenvalue weighted by molar-refractivity contribution is -0.0504. The lowest BCUT2D eigenvalue weighted by atomic mass is 10.3. The highest BCUT2D eigenvalue weighted by Crippen LogP contribution is 2.36. The maximum absolute atomic E-state index is 11.9. The molecule has 0 bridgehead atoms. The zero-order valence-corrected chi connectivity index (χ0v) is 11.4. The summed E-state index contributed by atoms with van der Waals surface area (Å²) >= 11 is 8.47. The van der Waals surface area contributed by atoms with Gasteiger partial charge in [0.05, 0.1) is 4.47 Å². The topological polar surface area (TPSA) is 9.23 Å². The van der Waals surface area contributed by atoms with Gasteiger partial charge in [0, 0.05) is 8.04 Å². The van der Waals surface area contributed by atoms with Crippen LogP contribution in [0.2, 0.25) is 0 Å². The van der Waals surface area contributed by atoms with Crippen LogP contribution in [-0.2, 0) is 0 Å². The summed E-state index contributed by atoms with van der Waals surface area (Å²) in [5.74, 6) is 0.127. The Labute approximate surface area is 104 Å². The van der Waals surface area contributed by atoms with Gasteiger partial charge in [-0.15, -0.1) is 0 Å². The molecule has 0 aliphatic carbocycles. The number of rotatable bonds is 2. The first-order valence-electron chi connectivity index (χ1n) is 3.10. The largest absolute Gasteiger partial charge is 0.434 e. The molecular formula is C7H3Br2F2IO. The molecule has 0 unspecified atom stereocenters. The van der Waals surface area contributed by atoms with Gasteiger partial charge in [-0.1, -0.05) is 0 Å². The third-order valence-electron chi connectivity index (χ3n) is 1.22. The molecular weight excluding hydrogens is 425 g/mol. The lowest BCUT2D eigenvalue weighted by Crippen LogP contribution is -2.02. The number of hydrogen-bond donors (Lipinski definition) is 0. The van der Waals surface area contributed by atoms with E-state index in [1.807, 2.05) is 0 Å². The van der Waals surface area contributed by atoms with Gasteiger partial charge in [0.15, 0.2) is 0 Å². The zero-order chi connectivity index (χ0) is 10.0. The molecule has 0 aliphatic rings. The third-order valence-corrected chi connectivity index (χ3v) is 5.00. The molecule has 0 N–H and O–H groups in total. The maximum Gasteiger partial charge on any atom is 0.387 e.